The number of carboxylic acid groups (broad SMARTS) is 1. The maximum atomic E-state index is 10.8. The van der Waals surface area contributed by atoms with Crippen LogP contribution in [0.3, 0.4) is 0 Å². The highest BCUT2D eigenvalue weighted by Gasteiger charge is 2.23. The normalized spacial score (nSPS) is 11.8. The number of rotatable bonds is 4. The van der Waals surface area contributed by atoms with Gasteiger partial charge in [0.1, 0.15) is 5.75 Å². The fourth-order valence-corrected chi connectivity index (χ4v) is 1.52. The average Bonchev–Trinajstić information content (AvgIpc) is 2.18. The summed E-state index contributed by atoms with van der Waals surface area (Å²) in [6.45, 7) is 6.50. The second-order valence-corrected chi connectivity index (χ2v) is 5.09. The second kappa shape index (κ2) is 5.19. The van der Waals surface area contributed by atoms with Gasteiger partial charge in [0.25, 0.3) is 0 Å². The van der Waals surface area contributed by atoms with Crippen molar-refractivity contribution in [1.82, 2.24) is 4.90 Å². The smallest absolute Gasteiger partial charge is 0.317 e. The lowest BCUT2D eigenvalue weighted by molar-refractivity contribution is -0.139. The number of hydrogen-bond acceptors (Lipinski definition) is 3. The molecule has 0 aliphatic heterocycles. The van der Waals surface area contributed by atoms with Crippen molar-refractivity contribution in [3.05, 3.63) is 29.8 Å². The average molecular weight is 237 g/mol. The van der Waals surface area contributed by atoms with Gasteiger partial charge < -0.3 is 10.2 Å². The number of carboxylic acids is 1. The zero-order valence-electron chi connectivity index (χ0n) is 10.5. The predicted molar refractivity (Wildman–Crippen MR) is 65.9 cm³/mol. The van der Waals surface area contributed by atoms with Crippen molar-refractivity contribution in [3.8, 4) is 5.75 Å². The van der Waals surface area contributed by atoms with Gasteiger partial charge in [-0.05, 0) is 38.5 Å². The first kappa shape index (κ1) is 13.5. The SMILES string of the molecule is CC(C)(C)N(CC(=O)O)Cc1ccc(O)cc1. The molecule has 0 radical (unpaired) electrons. The van der Waals surface area contributed by atoms with Crippen LogP contribution in [0.25, 0.3) is 0 Å². The molecule has 94 valence electrons. The minimum absolute atomic E-state index is 0.00434. The van der Waals surface area contributed by atoms with Crippen molar-refractivity contribution in [2.24, 2.45) is 0 Å². The van der Waals surface area contributed by atoms with Gasteiger partial charge in [-0.15, -0.1) is 0 Å². The molecule has 1 rings (SSSR count). The molecule has 4 nitrogen and oxygen atoms in total. The second-order valence-electron chi connectivity index (χ2n) is 5.09. The molecule has 0 saturated heterocycles. The Bertz CT molecular complexity index is 379. The lowest BCUT2D eigenvalue weighted by Gasteiger charge is -2.34. The van der Waals surface area contributed by atoms with Crippen LogP contribution in [0.1, 0.15) is 26.3 Å². The topological polar surface area (TPSA) is 60.8 Å². The summed E-state index contributed by atoms with van der Waals surface area (Å²) in [6.07, 6.45) is 0. The van der Waals surface area contributed by atoms with Crippen LogP contribution in [-0.2, 0) is 11.3 Å². The van der Waals surface area contributed by atoms with E-state index in [9.17, 15) is 9.90 Å². The molecule has 17 heavy (non-hydrogen) atoms. The number of benzene rings is 1. The fourth-order valence-electron chi connectivity index (χ4n) is 1.52. The summed E-state index contributed by atoms with van der Waals surface area (Å²) in [5, 5.41) is 18.1. The van der Waals surface area contributed by atoms with Gasteiger partial charge in [0.15, 0.2) is 0 Å². The minimum atomic E-state index is -0.835. The van der Waals surface area contributed by atoms with E-state index in [2.05, 4.69) is 0 Å². The Morgan fingerprint density at radius 3 is 2.18 bits per heavy atom. The third-order valence-electron chi connectivity index (χ3n) is 2.58. The monoisotopic (exact) mass is 237 g/mol. The number of carbonyl (C=O) groups is 1. The molecule has 0 saturated carbocycles. The molecule has 0 aromatic heterocycles. The van der Waals surface area contributed by atoms with E-state index in [4.69, 9.17) is 5.11 Å². The number of aromatic hydroxyl groups is 1. The molecule has 1 aromatic rings. The lowest BCUT2D eigenvalue weighted by Crippen LogP contribution is -2.43. The Morgan fingerprint density at radius 1 is 1.24 bits per heavy atom. The summed E-state index contributed by atoms with van der Waals surface area (Å²) in [4.78, 5) is 12.7. The molecule has 0 aliphatic carbocycles. The van der Waals surface area contributed by atoms with E-state index in [1.165, 1.54) is 0 Å². The molecule has 2 N–H and O–H groups in total. The zero-order valence-corrected chi connectivity index (χ0v) is 10.5. The molecule has 1 aromatic carbocycles. The first-order valence-corrected chi connectivity index (χ1v) is 5.54. The summed E-state index contributed by atoms with van der Waals surface area (Å²) >= 11 is 0. The number of nitrogens with zero attached hydrogens (tertiary/aromatic N) is 1. The van der Waals surface area contributed by atoms with Crippen LogP contribution < -0.4 is 0 Å². The molecule has 0 amide bonds. The van der Waals surface area contributed by atoms with Crippen molar-refractivity contribution in [2.75, 3.05) is 6.54 Å². The Balaban J connectivity index is 2.79. The Labute approximate surface area is 101 Å². The van der Waals surface area contributed by atoms with E-state index in [1.807, 2.05) is 25.7 Å². The van der Waals surface area contributed by atoms with Crippen molar-refractivity contribution in [2.45, 2.75) is 32.9 Å². The number of hydrogen-bond donors (Lipinski definition) is 2. The largest absolute Gasteiger partial charge is 0.508 e. The van der Waals surface area contributed by atoms with Gasteiger partial charge in [-0.25, -0.2) is 0 Å². The quantitative estimate of drug-likeness (QED) is 0.841. The summed E-state index contributed by atoms with van der Waals surface area (Å²) in [7, 11) is 0. The minimum Gasteiger partial charge on any atom is -0.508 e. The molecular weight excluding hydrogens is 218 g/mol. The standard InChI is InChI=1S/C13H19NO3/c1-13(2,3)14(9-12(16)17)8-10-4-6-11(15)7-5-10/h4-7,15H,8-9H2,1-3H3,(H,16,17). The van der Waals surface area contributed by atoms with E-state index in [-0.39, 0.29) is 17.8 Å². The van der Waals surface area contributed by atoms with E-state index < -0.39 is 5.97 Å². The van der Waals surface area contributed by atoms with Crippen molar-refractivity contribution in [1.29, 1.82) is 0 Å². The molecule has 0 fully saturated rings. The van der Waals surface area contributed by atoms with E-state index in [0.717, 1.165) is 5.56 Å². The molecule has 0 bridgehead atoms. The van der Waals surface area contributed by atoms with Gasteiger partial charge in [-0.3, -0.25) is 9.69 Å². The molecule has 0 unspecified atom stereocenters. The molecule has 0 aliphatic rings. The maximum Gasteiger partial charge on any atom is 0.317 e. The third kappa shape index (κ3) is 4.44. The molecule has 4 heteroatoms. The van der Waals surface area contributed by atoms with Crippen LogP contribution >= 0.6 is 0 Å². The molecule has 0 heterocycles. The number of phenols is 1. The fraction of sp³-hybridized carbons (Fsp3) is 0.462. The summed E-state index contributed by atoms with van der Waals surface area (Å²) in [5.41, 5.74) is 0.773. The molecule has 0 spiro atoms. The predicted octanol–water partition coefficient (Wildman–Crippen LogP) is 2.08. The Hall–Kier alpha value is -1.55. The van der Waals surface area contributed by atoms with E-state index >= 15 is 0 Å². The van der Waals surface area contributed by atoms with Crippen LogP contribution in [-0.4, -0.2) is 33.2 Å². The third-order valence-corrected chi connectivity index (χ3v) is 2.58. The van der Waals surface area contributed by atoms with Crippen molar-refractivity contribution < 1.29 is 15.0 Å². The van der Waals surface area contributed by atoms with Crippen molar-refractivity contribution in [3.63, 3.8) is 0 Å². The van der Waals surface area contributed by atoms with Crippen LogP contribution in [0, 0.1) is 0 Å². The van der Waals surface area contributed by atoms with Gasteiger partial charge >= 0.3 is 5.97 Å². The van der Waals surface area contributed by atoms with Gasteiger partial charge in [0.2, 0.25) is 0 Å². The molecular formula is C13H19NO3. The number of phenolic OH excluding ortho intramolecular Hbond substituents is 1. The van der Waals surface area contributed by atoms with E-state index in [0.29, 0.717) is 6.54 Å². The van der Waals surface area contributed by atoms with Crippen LogP contribution in [0.5, 0.6) is 5.75 Å². The Kier molecular flexibility index (Phi) is 4.12. The summed E-state index contributed by atoms with van der Waals surface area (Å²) in [5.74, 6) is -0.618. The number of aliphatic carboxylic acids is 1. The molecule has 0 atom stereocenters. The first-order chi connectivity index (χ1) is 7.79. The van der Waals surface area contributed by atoms with Gasteiger partial charge in [-0.2, -0.15) is 0 Å². The summed E-state index contributed by atoms with van der Waals surface area (Å²) in [6, 6.07) is 6.82. The first-order valence-electron chi connectivity index (χ1n) is 5.54. The van der Waals surface area contributed by atoms with Crippen molar-refractivity contribution >= 4 is 5.97 Å². The van der Waals surface area contributed by atoms with Crippen LogP contribution in [0.4, 0.5) is 0 Å². The van der Waals surface area contributed by atoms with E-state index in [1.54, 1.807) is 24.3 Å². The van der Waals surface area contributed by atoms with Gasteiger partial charge in [0.05, 0.1) is 6.54 Å². The Morgan fingerprint density at radius 2 is 1.76 bits per heavy atom. The van der Waals surface area contributed by atoms with Crippen LogP contribution in [0.2, 0.25) is 0 Å². The zero-order chi connectivity index (χ0) is 13.1. The maximum absolute atomic E-state index is 10.8. The highest BCUT2D eigenvalue weighted by atomic mass is 16.4. The van der Waals surface area contributed by atoms with Gasteiger partial charge in [-0.1, -0.05) is 12.1 Å². The van der Waals surface area contributed by atoms with Gasteiger partial charge in [0, 0.05) is 12.1 Å². The summed E-state index contributed by atoms with van der Waals surface area (Å²) < 4.78 is 0. The highest BCUT2D eigenvalue weighted by molar-refractivity contribution is 5.69. The lowest BCUT2D eigenvalue weighted by atomic mass is 10.0. The van der Waals surface area contributed by atoms with Crippen LogP contribution in [0.15, 0.2) is 24.3 Å². The highest BCUT2D eigenvalue weighted by Crippen LogP contribution is 2.18.